The zero-order valence-corrected chi connectivity index (χ0v) is 25.4. The van der Waals surface area contributed by atoms with Crippen LogP contribution in [0.4, 0.5) is 0 Å². The standard InChI is InChI=1S/C14H26N2O2.C12H26N2.C2H6.CH2O/c1-5-12(11(2)17)10-14(18)16-8-6-13(7-9-16)15(3)4;1-4-8-14(9-5-2)12-6-10-13(3)11-7-12;2*1-2/h12-13H,5-10H2,1-4H3;12H,4-11H2,1-3H3;1-2H3;1H2/t12-;;;/m0.../s1. The number of carbonyl (C=O) groups is 3. The molecule has 2 fully saturated rings. The molecule has 0 aromatic carbocycles. The second-order valence-corrected chi connectivity index (χ2v) is 10.1. The highest BCUT2D eigenvalue weighted by atomic mass is 16.2. The van der Waals surface area contributed by atoms with Crippen molar-refractivity contribution in [2.24, 2.45) is 5.92 Å². The summed E-state index contributed by atoms with van der Waals surface area (Å²) < 4.78 is 0. The van der Waals surface area contributed by atoms with Crippen LogP contribution in [-0.2, 0) is 14.4 Å². The summed E-state index contributed by atoms with van der Waals surface area (Å²) in [5, 5.41) is 0. The molecule has 0 aromatic heterocycles. The molecule has 0 N–H and O–H groups in total. The van der Waals surface area contributed by atoms with Crippen molar-refractivity contribution in [3.8, 4) is 0 Å². The maximum Gasteiger partial charge on any atom is 0.223 e. The predicted molar refractivity (Wildman–Crippen MR) is 154 cm³/mol. The molecule has 2 rings (SSSR count). The molecular weight excluding hydrogens is 452 g/mol. The Morgan fingerprint density at radius 1 is 0.861 bits per heavy atom. The number of nitrogens with zero attached hydrogens (tertiary/aromatic N) is 4. The molecule has 0 aliphatic carbocycles. The van der Waals surface area contributed by atoms with Crippen molar-refractivity contribution >= 4 is 18.5 Å². The lowest BCUT2D eigenvalue weighted by Gasteiger charge is -2.37. The molecule has 1 atom stereocenters. The van der Waals surface area contributed by atoms with E-state index in [9.17, 15) is 9.59 Å². The van der Waals surface area contributed by atoms with Gasteiger partial charge in [-0.05, 0) is 99.2 Å². The van der Waals surface area contributed by atoms with E-state index in [0.29, 0.717) is 12.5 Å². The van der Waals surface area contributed by atoms with Crippen LogP contribution in [0.2, 0.25) is 0 Å². The van der Waals surface area contributed by atoms with Crippen LogP contribution in [0.5, 0.6) is 0 Å². The maximum absolute atomic E-state index is 12.1. The van der Waals surface area contributed by atoms with Crippen molar-refractivity contribution in [1.82, 2.24) is 19.6 Å². The summed E-state index contributed by atoms with van der Waals surface area (Å²) in [5.74, 6) is 0.187. The smallest absolute Gasteiger partial charge is 0.223 e. The van der Waals surface area contributed by atoms with Crippen LogP contribution in [0, 0.1) is 5.92 Å². The van der Waals surface area contributed by atoms with Crippen molar-refractivity contribution in [1.29, 1.82) is 0 Å². The fourth-order valence-corrected chi connectivity index (χ4v) is 4.96. The van der Waals surface area contributed by atoms with Crippen molar-refractivity contribution in [3.63, 3.8) is 0 Å². The van der Waals surface area contributed by atoms with Crippen LogP contribution in [0.25, 0.3) is 0 Å². The molecule has 2 aliphatic rings. The van der Waals surface area contributed by atoms with Crippen LogP contribution >= 0.6 is 0 Å². The summed E-state index contributed by atoms with van der Waals surface area (Å²) in [6, 6.07) is 1.45. The van der Waals surface area contributed by atoms with E-state index in [1.54, 1.807) is 6.92 Å². The van der Waals surface area contributed by atoms with Crippen molar-refractivity contribution in [2.45, 2.75) is 105 Å². The fourth-order valence-electron chi connectivity index (χ4n) is 4.96. The summed E-state index contributed by atoms with van der Waals surface area (Å²) >= 11 is 0. The van der Waals surface area contributed by atoms with E-state index >= 15 is 0 Å². The molecule has 0 radical (unpaired) electrons. The molecule has 36 heavy (non-hydrogen) atoms. The fraction of sp³-hybridized carbons (Fsp3) is 0.897. The van der Waals surface area contributed by atoms with Gasteiger partial charge >= 0.3 is 0 Å². The first-order valence-corrected chi connectivity index (χ1v) is 14.4. The first-order valence-electron chi connectivity index (χ1n) is 14.4. The number of carbonyl (C=O) groups excluding carboxylic acids is 3. The molecule has 214 valence electrons. The molecule has 0 unspecified atom stereocenters. The highest BCUT2D eigenvalue weighted by Crippen LogP contribution is 2.18. The Morgan fingerprint density at radius 3 is 1.67 bits per heavy atom. The van der Waals surface area contributed by atoms with Crippen LogP contribution in [0.1, 0.15) is 92.9 Å². The van der Waals surface area contributed by atoms with Gasteiger partial charge in [0.2, 0.25) is 5.91 Å². The highest BCUT2D eigenvalue weighted by molar-refractivity contribution is 5.85. The predicted octanol–water partition coefficient (Wildman–Crippen LogP) is 4.59. The van der Waals surface area contributed by atoms with Crippen LogP contribution in [0.3, 0.4) is 0 Å². The molecule has 0 spiro atoms. The van der Waals surface area contributed by atoms with Crippen molar-refractivity contribution in [2.75, 3.05) is 60.4 Å². The molecule has 2 saturated heterocycles. The third-order valence-electron chi connectivity index (χ3n) is 7.26. The molecule has 7 heteroatoms. The number of ketones is 1. The maximum atomic E-state index is 12.1. The zero-order chi connectivity index (χ0) is 28.1. The Morgan fingerprint density at radius 2 is 1.31 bits per heavy atom. The average Bonchev–Trinajstić information content (AvgIpc) is 2.90. The number of Topliss-reactive ketones (excluding diaryl/α,β-unsaturated/α-hetero) is 1. The van der Waals surface area contributed by atoms with Gasteiger partial charge in [0.05, 0.1) is 0 Å². The van der Waals surface area contributed by atoms with Gasteiger partial charge in [0.1, 0.15) is 12.6 Å². The molecule has 2 heterocycles. The van der Waals surface area contributed by atoms with Gasteiger partial charge in [-0.1, -0.05) is 34.6 Å². The van der Waals surface area contributed by atoms with Gasteiger partial charge in [-0.2, -0.15) is 0 Å². The summed E-state index contributed by atoms with van der Waals surface area (Å²) in [4.78, 5) is 40.8. The SMILES string of the molecule is C=O.CC.CCCN(CCC)C1CCN(C)CC1.CC[C@@H](CC(=O)N1CCC(N(C)C)CC1)C(C)=O. The molecule has 1 amide bonds. The molecule has 0 saturated carbocycles. The van der Waals surface area contributed by atoms with Crippen molar-refractivity contribution < 1.29 is 14.4 Å². The lowest BCUT2D eigenvalue weighted by Crippen LogP contribution is -2.45. The number of likely N-dealkylation sites (tertiary alicyclic amines) is 2. The van der Waals surface area contributed by atoms with Crippen LogP contribution < -0.4 is 0 Å². The Balaban J connectivity index is 0. The number of piperidine rings is 2. The number of hydrogen-bond acceptors (Lipinski definition) is 6. The second kappa shape index (κ2) is 22.9. The minimum Gasteiger partial charge on any atom is -0.343 e. The Labute approximate surface area is 223 Å². The van der Waals surface area contributed by atoms with Crippen LogP contribution in [0.15, 0.2) is 0 Å². The Bertz CT molecular complexity index is 537. The summed E-state index contributed by atoms with van der Waals surface area (Å²) in [7, 11) is 6.41. The molecule has 7 nitrogen and oxygen atoms in total. The normalized spacial score (nSPS) is 17.8. The first kappa shape index (κ1) is 36.8. The summed E-state index contributed by atoms with van der Waals surface area (Å²) in [6.07, 6.45) is 8.56. The Kier molecular flexibility index (Phi) is 23.4. The van der Waals surface area contributed by atoms with Gasteiger partial charge in [0.15, 0.2) is 0 Å². The molecule has 0 aromatic rings. The van der Waals surface area contributed by atoms with Crippen molar-refractivity contribution in [3.05, 3.63) is 0 Å². The molecule has 2 aliphatic heterocycles. The lowest BCUT2D eigenvalue weighted by atomic mass is 9.96. The topological polar surface area (TPSA) is 64.2 Å². The number of amides is 1. The lowest BCUT2D eigenvalue weighted by molar-refractivity contribution is -0.136. The summed E-state index contributed by atoms with van der Waals surface area (Å²) in [5.41, 5.74) is 0. The van der Waals surface area contributed by atoms with E-state index in [2.05, 4.69) is 49.7 Å². The molecule has 0 bridgehead atoms. The highest BCUT2D eigenvalue weighted by Gasteiger charge is 2.26. The van der Waals surface area contributed by atoms with Gasteiger partial charge in [-0.25, -0.2) is 0 Å². The largest absolute Gasteiger partial charge is 0.343 e. The van der Waals surface area contributed by atoms with E-state index in [0.717, 1.165) is 38.4 Å². The van der Waals surface area contributed by atoms with Gasteiger partial charge in [-0.15, -0.1) is 0 Å². The van der Waals surface area contributed by atoms with Gasteiger partial charge in [0.25, 0.3) is 0 Å². The molecular formula is C29H60N4O3. The van der Waals surface area contributed by atoms with Crippen LogP contribution in [-0.4, -0.2) is 111 Å². The number of hydrogen-bond donors (Lipinski definition) is 0. The van der Waals surface area contributed by atoms with E-state index in [4.69, 9.17) is 4.79 Å². The van der Waals surface area contributed by atoms with Gasteiger partial charge < -0.3 is 24.4 Å². The minimum atomic E-state index is -0.0935. The van der Waals surface area contributed by atoms with E-state index in [1.807, 2.05) is 32.5 Å². The van der Waals surface area contributed by atoms with E-state index < -0.39 is 0 Å². The van der Waals surface area contributed by atoms with Gasteiger partial charge in [-0.3, -0.25) is 9.59 Å². The third kappa shape index (κ3) is 15.1. The minimum absolute atomic E-state index is 0.0935. The average molecular weight is 513 g/mol. The first-order chi connectivity index (χ1) is 17.2. The summed E-state index contributed by atoms with van der Waals surface area (Å²) in [6.45, 7) is 21.0. The van der Waals surface area contributed by atoms with E-state index in [1.165, 1.54) is 51.9 Å². The third-order valence-corrected chi connectivity index (χ3v) is 7.26. The zero-order valence-electron chi connectivity index (χ0n) is 25.4. The van der Waals surface area contributed by atoms with Gasteiger partial charge in [0, 0.05) is 37.5 Å². The number of rotatable bonds is 10. The second-order valence-electron chi connectivity index (χ2n) is 10.1. The van der Waals surface area contributed by atoms with E-state index in [-0.39, 0.29) is 17.6 Å². The Hall–Kier alpha value is -1.31. The monoisotopic (exact) mass is 512 g/mol. The quantitative estimate of drug-likeness (QED) is 0.427.